The van der Waals surface area contributed by atoms with E-state index in [-0.39, 0.29) is 12.5 Å². The number of nitrogens with zero attached hydrogens (tertiary/aromatic N) is 4. The van der Waals surface area contributed by atoms with Crippen LogP contribution in [0.4, 0.5) is 0 Å². The SMILES string of the molecule is CCCC1(C(=O)O)CCCN(C(=O)c2cc(C)nn2CCN(C)C)C1. The first kappa shape index (κ1) is 19.4. The van der Waals surface area contributed by atoms with Crippen LogP contribution in [-0.2, 0) is 11.3 Å². The summed E-state index contributed by atoms with van der Waals surface area (Å²) in [4.78, 5) is 28.7. The fourth-order valence-corrected chi connectivity index (χ4v) is 3.61. The van der Waals surface area contributed by atoms with E-state index < -0.39 is 11.4 Å². The van der Waals surface area contributed by atoms with Gasteiger partial charge in [-0.1, -0.05) is 13.3 Å². The minimum atomic E-state index is -0.813. The average molecular weight is 350 g/mol. The number of aliphatic carboxylic acids is 1. The number of carboxylic acid groups (broad SMARTS) is 1. The molecule has 1 unspecified atom stereocenters. The van der Waals surface area contributed by atoms with E-state index in [4.69, 9.17) is 0 Å². The molecule has 2 heterocycles. The zero-order valence-electron chi connectivity index (χ0n) is 15.8. The molecular formula is C18H30N4O3. The Balaban J connectivity index is 2.21. The van der Waals surface area contributed by atoms with Crippen LogP contribution in [-0.4, -0.2) is 70.3 Å². The summed E-state index contributed by atoms with van der Waals surface area (Å²) in [7, 11) is 3.96. The van der Waals surface area contributed by atoms with Crippen molar-refractivity contribution in [2.75, 3.05) is 33.7 Å². The highest BCUT2D eigenvalue weighted by atomic mass is 16.4. The summed E-state index contributed by atoms with van der Waals surface area (Å²) >= 11 is 0. The van der Waals surface area contributed by atoms with Gasteiger partial charge in [0.05, 0.1) is 17.7 Å². The number of aryl methyl sites for hydroxylation is 1. The molecule has 0 aromatic carbocycles. The topological polar surface area (TPSA) is 78.7 Å². The highest BCUT2D eigenvalue weighted by Gasteiger charge is 2.43. The van der Waals surface area contributed by atoms with Gasteiger partial charge in [0.1, 0.15) is 5.69 Å². The van der Waals surface area contributed by atoms with Gasteiger partial charge in [-0.3, -0.25) is 14.3 Å². The first-order valence-corrected chi connectivity index (χ1v) is 9.01. The smallest absolute Gasteiger partial charge is 0.311 e. The van der Waals surface area contributed by atoms with E-state index in [1.54, 1.807) is 15.6 Å². The summed E-state index contributed by atoms with van der Waals surface area (Å²) in [6, 6.07) is 1.80. The second kappa shape index (κ2) is 7.99. The van der Waals surface area contributed by atoms with E-state index in [1.165, 1.54) is 0 Å². The van der Waals surface area contributed by atoms with Crippen LogP contribution in [0.25, 0.3) is 0 Å². The third-order valence-corrected chi connectivity index (χ3v) is 4.93. The Morgan fingerprint density at radius 3 is 2.72 bits per heavy atom. The summed E-state index contributed by atoms with van der Waals surface area (Å²) in [6.45, 7) is 6.18. The molecule has 140 valence electrons. The van der Waals surface area contributed by atoms with Crippen molar-refractivity contribution >= 4 is 11.9 Å². The predicted octanol–water partition coefficient (Wildman–Crippen LogP) is 1.86. The number of carbonyl (C=O) groups is 2. The molecule has 1 aromatic heterocycles. The summed E-state index contributed by atoms with van der Waals surface area (Å²) in [5, 5.41) is 14.2. The number of rotatable bonds is 7. The van der Waals surface area contributed by atoms with Crippen LogP contribution in [0.1, 0.15) is 48.8 Å². The predicted molar refractivity (Wildman–Crippen MR) is 95.6 cm³/mol. The van der Waals surface area contributed by atoms with E-state index in [1.807, 2.05) is 32.8 Å². The Hall–Kier alpha value is -1.89. The van der Waals surface area contributed by atoms with Crippen LogP contribution in [0.3, 0.4) is 0 Å². The Kier molecular flexibility index (Phi) is 6.21. The zero-order valence-corrected chi connectivity index (χ0v) is 15.8. The summed E-state index contributed by atoms with van der Waals surface area (Å²) in [6.07, 6.45) is 2.76. The highest BCUT2D eigenvalue weighted by Crippen LogP contribution is 2.35. The molecule has 1 saturated heterocycles. The molecule has 7 heteroatoms. The lowest BCUT2D eigenvalue weighted by atomic mass is 9.76. The molecule has 1 amide bonds. The molecule has 1 aliphatic heterocycles. The third-order valence-electron chi connectivity index (χ3n) is 4.93. The van der Waals surface area contributed by atoms with E-state index in [2.05, 4.69) is 5.10 Å². The second-order valence-electron chi connectivity index (χ2n) is 7.36. The van der Waals surface area contributed by atoms with Crippen molar-refractivity contribution in [2.24, 2.45) is 5.41 Å². The van der Waals surface area contributed by atoms with Crippen molar-refractivity contribution < 1.29 is 14.7 Å². The van der Waals surface area contributed by atoms with E-state index in [0.717, 1.165) is 25.1 Å². The van der Waals surface area contributed by atoms with Crippen LogP contribution in [0, 0.1) is 12.3 Å². The average Bonchev–Trinajstić information content (AvgIpc) is 2.93. The van der Waals surface area contributed by atoms with Crippen LogP contribution in [0.2, 0.25) is 0 Å². The maximum atomic E-state index is 13.1. The van der Waals surface area contributed by atoms with Gasteiger partial charge in [-0.15, -0.1) is 0 Å². The molecule has 1 fully saturated rings. The van der Waals surface area contributed by atoms with Gasteiger partial charge >= 0.3 is 5.97 Å². The normalized spacial score (nSPS) is 20.9. The Bertz CT molecular complexity index is 622. The van der Waals surface area contributed by atoms with Crippen molar-refractivity contribution in [1.82, 2.24) is 19.6 Å². The van der Waals surface area contributed by atoms with Gasteiger partial charge in [-0.2, -0.15) is 5.10 Å². The van der Waals surface area contributed by atoms with Crippen molar-refractivity contribution in [3.05, 3.63) is 17.5 Å². The number of hydrogen-bond donors (Lipinski definition) is 1. The molecule has 0 saturated carbocycles. The minimum absolute atomic E-state index is 0.110. The van der Waals surface area contributed by atoms with Crippen molar-refractivity contribution in [3.63, 3.8) is 0 Å². The highest BCUT2D eigenvalue weighted by molar-refractivity contribution is 5.93. The molecule has 1 aromatic rings. The number of likely N-dealkylation sites (N-methyl/N-ethyl adjacent to an activating group) is 1. The number of hydrogen-bond acceptors (Lipinski definition) is 4. The number of aromatic nitrogens is 2. The largest absolute Gasteiger partial charge is 0.481 e. The second-order valence-corrected chi connectivity index (χ2v) is 7.36. The van der Waals surface area contributed by atoms with Gasteiger partial charge in [0.25, 0.3) is 5.91 Å². The van der Waals surface area contributed by atoms with Crippen LogP contribution in [0.5, 0.6) is 0 Å². The standard InChI is InChI=1S/C18H30N4O3/c1-5-7-18(17(24)25)8-6-9-21(13-18)16(23)15-12-14(2)19-22(15)11-10-20(3)4/h12H,5-11,13H2,1-4H3,(H,24,25). The quantitative estimate of drug-likeness (QED) is 0.812. The number of carbonyl (C=O) groups excluding carboxylic acids is 1. The zero-order chi connectivity index (χ0) is 18.6. The monoisotopic (exact) mass is 350 g/mol. The molecule has 25 heavy (non-hydrogen) atoms. The lowest BCUT2D eigenvalue weighted by Gasteiger charge is -2.39. The Labute approximate surface area is 149 Å². The lowest BCUT2D eigenvalue weighted by Crippen LogP contribution is -2.50. The molecule has 7 nitrogen and oxygen atoms in total. The molecule has 0 bridgehead atoms. The third kappa shape index (κ3) is 4.39. The number of carboxylic acids is 1. The molecule has 0 radical (unpaired) electrons. The van der Waals surface area contributed by atoms with Gasteiger partial charge in [-0.25, -0.2) is 0 Å². The first-order valence-electron chi connectivity index (χ1n) is 9.01. The van der Waals surface area contributed by atoms with E-state index in [0.29, 0.717) is 31.6 Å². The van der Waals surface area contributed by atoms with Crippen molar-refractivity contribution in [1.29, 1.82) is 0 Å². The van der Waals surface area contributed by atoms with Crippen molar-refractivity contribution in [2.45, 2.75) is 46.1 Å². The van der Waals surface area contributed by atoms with Gasteiger partial charge in [-0.05, 0) is 46.3 Å². The van der Waals surface area contributed by atoms with E-state index in [9.17, 15) is 14.7 Å². The summed E-state index contributed by atoms with van der Waals surface area (Å²) < 4.78 is 1.74. The molecular weight excluding hydrogens is 320 g/mol. The molecule has 1 N–H and O–H groups in total. The van der Waals surface area contributed by atoms with Gasteiger partial charge in [0.2, 0.25) is 0 Å². The van der Waals surface area contributed by atoms with Crippen molar-refractivity contribution in [3.8, 4) is 0 Å². The summed E-state index contributed by atoms with van der Waals surface area (Å²) in [5.41, 5.74) is 0.542. The minimum Gasteiger partial charge on any atom is -0.481 e. The van der Waals surface area contributed by atoms with Crippen LogP contribution < -0.4 is 0 Å². The van der Waals surface area contributed by atoms with Gasteiger partial charge < -0.3 is 14.9 Å². The Morgan fingerprint density at radius 2 is 2.12 bits per heavy atom. The van der Waals surface area contributed by atoms with E-state index >= 15 is 0 Å². The first-order chi connectivity index (χ1) is 11.8. The Morgan fingerprint density at radius 1 is 1.40 bits per heavy atom. The maximum absolute atomic E-state index is 13.1. The molecule has 0 spiro atoms. The van der Waals surface area contributed by atoms with Crippen LogP contribution >= 0.6 is 0 Å². The number of amides is 1. The number of likely N-dealkylation sites (tertiary alicyclic amines) is 1. The van der Waals surface area contributed by atoms with Crippen LogP contribution in [0.15, 0.2) is 6.07 Å². The number of piperidine rings is 1. The van der Waals surface area contributed by atoms with Gasteiger partial charge in [0.15, 0.2) is 0 Å². The molecule has 1 atom stereocenters. The summed E-state index contributed by atoms with van der Waals surface area (Å²) in [5.74, 6) is -0.898. The van der Waals surface area contributed by atoms with Gasteiger partial charge in [0, 0.05) is 19.6 Å². The maximum Gasteiger partial charge on any atom is 0.311 e. The fraction of sp³-hybridized carbons (Fsp3) is 0.722. The molecule has 1 aliphatic rings. The molecule has 2 rings (SSSR count). The lowest BCUT2D eigenvalue weighted by molar-refractivity contribution is -0.152. The fourth-order valence-electron chi connectivity index (χ4n) is 3.61. The molecule has 0 aliphatic carbocycles.